The standard InChI is InChI=1S/C21H17F3N4O/c1-13-10-14-4-2-3-5-18(14)28(13)19-12-25-17(11-26-19)20(29)27-16-8-6-15(7-9-16)21(22,23)24/h2-9,11-13H,10H2,1H3,(H,27,29). The van der Waals surface area contributed by atoms with Crippen molar-refractivity contribution in [2.24, 2.45) is 0 Å². The third-order valence-electron chi connectivity index (χ3n) is 4.80. The molecule has 1 aliphatic rings. The molecule has 4 rings (SSSR count). The van der Waals surface area contributed by atoms with Crippen molar-refractivity contribution in [2.45, 2.75) is 25.6 Å². The van der Waals surface area contributed by atoms with Gasteiger partial charge in [0.2, 0.25) is 0 Å². The van der Waals surface area contributed by atoms with Crippen LogP contribution in [0, 0.1) is 0 Å². The summed E-state index contributed by atoms with van der Waals surface area (Å²) in [7, 11) is 0. The minimum atomic E-state index is -4.42. The Morgan fingerprint density at radius 1 is 1.07 bits per heavy atom. The van der Waals surface area contributed by atoms with Crippen molar-refractivity contribution in [3.8, 4) is 0 Å². The molecule has 1 aliphatic heterocycles. The van der Waals surface area contributed by atoms with Crippen LogP contribution in [-0.2, 0) is 12.6 Å². The maximum absolute atomic E-state index is 12.6. The first kappa shape index (κ1) is 18.9. The number of para-hydroxylation sites is 1. The Hall–Kier alpha value is -3.42. The molecule has 0 aliphatic carbocycles. The Morgan fingerprint density at radius 3 is 2.45 bits per heavy atom. The molecule has 3 aromatic rings. The number of fused-ring (bicyclic) bond motifs is 1. The minimum absolute atomic E-state index is 0.0776. The van der Waals surface area contributed by atoms with Gasteiger partial charge in [-0.25, -0.2) is 9.97 Å². The van der Waals surface area contributed by atoms with E-state index < -0.39 is 17.6 Å². The lowest BCUT2D eigenvalue weighted by Gasteiger charge is -2.23. The first-order valence-corrected chi connectivity index (χ1v) is 9.01. The highest BCUT2D eigenvalue weighted by molar-refractivity contribution is 6.02. The lowest BCUT2D eigenvalue weighted by molar-refractivity contribution is -0.137. The SMILES string of the molecule is CC1Cc2ccccc2N1c1cnc(C(=O)Nc2ccc(C(F)(F)F)cc2)cn1. The summed E-state index contributed by atoms with van der Waals surface area (Å²) in [5.41, 5.74) is 1.84. The molecule has 2 heterocycles. The highest BCUT2D eigenvalue weighted by atomic mass is 19.4. The highest BCUT2D eigenvalue weighted by Gasteiger charge is 2.30. The van der Waals surface area contributed by atoms with Crippen LogP contribution in [0.2, 0.25) is 0 Å². The van der Waals surface area contributed by atoms with Crippen molar-refractivity contribution >= 4 is 23.1 Å². The van der Waals surface area contributed by atoms with E-state index in [1.807, 2.05) is 18.2 Å². The maximum atomic E-state index is 12.6. The quantitative estimate of drug-likeness (QED) is 0.687. The molecule has 1 aromatic heterocycles. The minimum Gasteiger partial charge on any atom is -0.322 e. The number of carbonyl (C=O) groups is 1. The first-order valence-electron chi connectivity index (χ1n) is 9.01. The van der Waals surface area contributed by atoms with Gasteiger partial charge in [0.15, 0.2) is 5.82 Å². The van der Waals surface area contributed by atoms with E-state index >= 15 is 0 Å². The molecule has 1 amide bonds. The first-order chi connectivity index (χ1) is 13.8. The number of aromatic nitrogens is 2. The van der Waals surface area contributed by atoms with Gasteiger partial charge in [-0.2, -0.15) is 13.2 Å². The maximum Gasteiger partial charge on any atom is 0.416 e. The third-order valence-corrected chi connectivity index (χ3v) is 4.80. The van der Waals surface area contributed by atoms with Crippen molar-refractivity contribution in [3.63, 3.8) is 0 Å². The molecule has 8 heteroatoms. The normalized spacial score (nSPS) is 15.9. The Balaban J connectivity index is 1.49. The van der Waals surface area contributed by atoms with Crippen LogP contribution >= 0.6 is 0 Å². The lowest BCUT2D eigenvalue weighted by atomic mass is 10.1. The second kappa shape index (κ2) is 7.20. The molecule has 0 bridgehead atoms. The fourth-order valence-electron chi connectivity index (χ4n) is 3.42. The van der Waals surface area contributed by atoms with Crippen molar-refractivity contribution < 1.29 is 18.0 Å². The van der Waals surface area contributed by atoms with E-state index in [0.717, 1.165) is 24.2 Å². The van der Waals surface area contributed by atoms with Gasteiger partial charge < -0.3 is 10.2 Å². The van der Waals surface area contributed by atoms with Crippen molar-refractivity contribution in [1.29, 1.82) is 0 Å². The zero-order valence-electron chi connectivity index (χ0n) is 15.4. The predicted octanol–water partition coefficient (Wildman–Crippen LogP) is 4.83. The van der Waals surface area contributed by atoms with Crippen molar-refractivity contribution in [3.05, 3.63) is 77.7 Å². The van der Waals surface area contributed by atoms with Gasteiger partial charge in [-0.05, 0) is 49.2 Å². The molecule has 0 fully saturated rings. The van der Waals surface area contributed by atoms with E-state index in [2.05, 4.69) is 33.2 Å². The highest BCUT2D eigenvalue weighted by Crippen LogP contribution is 2.36. The average molecular weight is 398 g/mol. The lowest BCUT2D eigenvalue weighted by Crippen LogP contribution is -2.25. The number of alkyl halides is 3. The number of halogens is 3. The van der Waals surface area contributed by atoms with Gasteiger partial charge in [-0.15, -0.1) is 0 Å². The van der Waals surface area contributed by atoms with E-state index in [-0.39, 0.29) is 17.4 Å². The van der Waals surface area contributed by atoms with Crippen LogP contribution in [-0.4, -0.2) is 21.9 Å². The summed E-state index contributed by atoms with van der Waals surface area (Å²) in [6.45, 7) is 2.09. The number of anilines is 3. The van der Waals surface area contributed by atoms with Gasteiger partial charge in [0, 0.05) is 17.4 Å². The summed E-state index contributed by atoms with van der Waals surface area (Å²) >= 11 is 0. The Morgan fingerprint density at radius 2 is 1.79 bits per heavy atom. The van der Waals surface area contributed by atoms with E-state index in [1.54, 1.807) is 0 Å². The number of nitrogens with one attached hydrogen (secondary N) is 1. The van der Waals surface area contributed by atoms with Gasteiger partial charge in [-0.1, -0.05) is 18.2 Å². The molecule has 0 radical (unpaired) electrons. The number of rotatable bonds is 3. The smallest absolute Gasteiger partial charge is 0.322 e. The molecule has 1 atom stereocenters. The molecule has 0 spiro atoms. The van der Waals surface area contributed by atoms with E-state index in [4.69, 9.17) is 0 Å². The summed E-state index contributed by atoms with van der Waals surface area (Å²) < 4.78 is 37.9. The van der Waals surface area contributed by atoms with Gasteiger partial charge in [0.25, 0.3) is 5.91 Å². The molecule has 148 valence electrons. The molecule has 0 saturated heterocycles. The number of hydrogen-bond donors (Lipinski definition) is 1. The van der Waals surface area contributed by atoms with E-state index in [1.165, 1.54) is 30.1 Å². The van der Waals surface area contributed by atoms with Gasteiger partial charge in [0.1, 0.15) is 5.69 Å². The zero-order chi connectivity index (χ0) is 20.6. The molecule has 29 heavy (non-hydrogen) atoms. The fourth-order valence-corrected chi connectivity index (χ4v) is 3.42. The molecule has 0 saturated carbocycles. The third kappa shape index (κ3) is 3.78. The van der Waals surface area contributed by atoms with Gasteiger partial charge in [0.05, 0.1) is 18.0 Å². The van der Waals surface area contributed by atoms with Crippen LogP contribution < -0.4 is 10.2 Å². The zero-order valence-corrected chi connectivity index (χ0v) is 15.4. The monoisotopic (exact) mass is 398 g/mol. The predicted molar refractivity (Wildman–Crippen MR) is 103 cm³/mol. The molecule has 5 nitrogen and oxygen atoms in total. The second-order valence-electron chi connectivity index (χ2n) is 6.84. The van der Waals surface area contributed by atoms with Crippen LogP contribution in [0.3, 0.4) is 0 Å². The number of nitrogens with zero attached hydrogens (tertiary/aromatic N) is 3. The topological polar surface area (TPSA) is 58.1 Å². The molecule has 1 N–H and O–H groups in total. The van der Waals surface area contributed by atoms with Crippen LogP contribution in [0.4, 0.5) is 30.4 Å². The van der Waals surface area contributed by atoms with Gasteiger partial charge in [-0.3, -0.25) is 4.79 Å². The number of amides is 1. The molecular formula is C21H17F3N4O. The summed E-state index contributed by atoms with van der Waals surface area (Å²) in [4.78, 5) is 23.0. The molecule has 1 unspecified atom stereocenters. The van der Waals surface area contributed by atoms with Crippen LogP contribution in [0.1, 0.15) is 28.5 Å². The van der Waals surface area contributed by atoms with Crippen LogP contribution in [0.5, 0.6) is 0 Å². The second-order valence-corrected chi connectivity index (χ2v) is 6.84. The fraction of sp³-hybridized carbons (Fsp3) is 0.190. The Labute approximate surface area is 165 Å². The van der Waals surface area contributed by atoms with E-state index in [9.17, 15) is 18.0 Å². The Kier molecular flexibility index (Phi) is 4.70. The summed E-state index contributed by atoms with van der Waals surface area (Å²) in [6, 6.07) is 12.5. The van der Waals surface area contributed by atoms with Crippen molar-refractivity contribution in [2.75, 3.05) is 10.2 Å². The largest absolute Gasteiger partial charge is 0.416 e. The number of carbonyl (C=O) groups excluding carboxylic acids is 1. The summed E-state index contributed by atoms with van der Waals surface area (Å²) in [5, 5.41) is 2.53. The molecular weight excluding hydrogens is 381 g/mol. The van der Waals surface area contributed by atoms with Crippen LogP contribution in [0.25, 0.3) is 0 Å². The summed E-state index contributed by atoms with van der Waals surface area (Å²) in [5.74, 6) is 0.0900. The summed E-state index contributed by atoms with van der Waals surface area (Å²) in [6.07, 6.45) is -0.633. The average Bonchev–Trinajstić information content (AvgIpc) is 3.03. The van der Waals surface area contributed by atoms with E-state index in [0.29, 0.717) is 5.82 Å². The Bertz CT molecular complexity index is 1030. The van der Waals surface area contributed by atoms with Crippen LogP contribution in [0.15, 0.2) is 60.9 Å². The number of hydrogen-bond acceptors (Lipinski definition) is 4. The molecule has 2 aromatic carbocycles. The van der Waals surface area contributed by atoms with Gasteiger partial charge >= 0.3 is 6.18 Å². The van der Waals surface area contributed by atoms with Crippen molar-refractivity contribution in [1.82, 2.24) is 9.97 Å². The number of benzene rings is 2.